The maximum atomic E-state index is 11.5. The number of ether oxygens (including phenoxy) is 2. The number of carbonyl (C=O) groups excluding carboxylic acids is 2. The Kier molecular flexibility index (Phi) is 7.20. The maximum Gasteiger partial charge on any atom is 0.328 e. The van der Waals surface area contributed by atoms with Gasteiger partial charge in [0.2, 0.25) is 0 Å². The number of hydrogen-bond acceptors (Lipinski definition) is 4. The maximum absolute atomic E-state index is 11.5. The lowest BCUT2D eigenvalue weighted by atomic mass is 10.3. The van der Waals surface area contributed by atoms with E-state index in [2.05, 4.69) is 15.4 Å². The minimum absolute atomic E-state index is 0.338. The van der Waals surface area contributed by atoms with E-state index in [-0.39, 0.29) is 6.03 Å². The van der Waals surface area contributed by atoms with E-state index < -0.39 is 12.0 Å². The molecule has 19 heavy (non-hydrogen) atoms. The molecule has 0 unspecified atom stereocenters. The summed E-state index contributed by atoms with van der Waals surface area (Å²) < 4.78 is 9.80. The Hall–Kier alpha value is -1.34. The van der Waals surface area contributed by atoms with Crippen LogP contribution in [0.4, 0.5) is 4.79 Å². The molecule has 1 heterocycles. The Morgan fingerprint density at radius 3 is 2.68 bits per heavy atom. The highest BCUT2D eigenvalue weighted by atomic mass is 16.5. The smallest absolute Gasteiger partial charge is 0.328 e. The molecule has 1 fully saturated rings. The van der Waals surface area contributed by atoms with E-state index in [1.165, 1.54) is 12.0 Å². The third kappa shape index (κ3) is 6.40. The molecule has 2 amide bonds. The van der Waals surface area contributed by atoms with Crippen LogP contribution in [0.1, 0.15) is 13.3 Å². The van der Waals surface area contributed by atoms with Gasteiger partial charge in [0.15, 0.2) is 0 Å². The molecule has 0 aromatic carbocycles. The van der Waals surface area contributed by atoms with Crippen molar-refractivity contribution in [3.63, 3.8) is 0 Å². The molecular formula is C12H24N3O4+. The number of carbonyl (C=O) groups is 2. The van der Waals surface area contributed by atoms with Gasteiger partial charge < -0.3 is 25.0 Å². The van der Waals surface area contributed by atoms with E-state index in [0.29, 0.717) is 6.54 Å². The largest absolute Gasteiger partial charge is 0.467 e. The Morgan fingerprint density at radius 1 is 1.37 bits per heavy atom. The van der Waals surface area contributed by atoms with Gasteiger partial charge in [-0.25, -0.2) is 9.59 Å². The zero-order chi connectivity index (χ0) is 14.1. The van der Waals surface area contributed by atoms with Crippen LogP contribution in [0.2, 0.25) is 0 Å². The van der Waals surface area contributed by atoms with Crippen molar-refractivity contribution in [2.45, 2.75) is 19.4 Å². The third-order valence-electron chi connectivity index (χ3n) is 3.09. The first-order chi connectivity index (χ1) is 9.13. The van der Waals surface area contributed by atoms with Crippen LogP contribution in [0.25, 0.3) is 0 Å². The number of morpholine rings is 1. The molecule has 0 spiro atoms. The molecule has 110 valence electrons. The zero-order valence-electron chi connectivity index (χ0n) is 11.7. The molecule has 1 rings (SSSR count). The van der Waals surface area contributed by atoms with Crippen LogP contribution in [0.5, 0.6) is 0 Å². The van der Waals surface area contributed by atoms with Gasteiger partial charge >= 0.3 is 12.0 Å². The highest BCUT2D eigenvalue weighted by molar-refractivity contribution is 5.83. The topological polar surface area (TPSA) is 81.1 Å². The van der Waals surface area contributed by atoms with Crippen molar-refractivity contribution < 1.29 is 24.0 Å². The molecule has 0 bridgehead atoms. The minimum atomic E-state index is -0.630. The van der Waals surface area contributed by atoms with E-state index in [1.807, 2.05) is 0 Å². The van der Waals surface area contributed by atoms with Crippen LogP contribution < -0.4 is 15.5 Å². The number of amides is 2. The molecule has 1 aliphatic rings. The van der Waals surface area contributed by atoms with Gasteiger partial charge in [0.1, 0.15) is 19.1 Å². The molecule has 0 radical (unpaired) electrons. The van der Waals surface area contributed by atoms with Crippen LogP contribution in [-0.2, 0) is 14.3 Å². The summed E-state index contributed by atoms with van der Waals surface area (Å²) in [5, 5.41) is 5.25. The monoisotopic (exact) mass is 274 g/mol. The molecule has 0 aromatic heterocycles. The number of nitrogens with one attached hydrogen (secondary N) is 3. The number of hydrogen-bond donors (Lipinski definition) is 3. The fraction of sp³-hybridized carbons (Fsp3) is 0.833. The second-order valence-electron chi connectivity index (χ2n) is 4.61. The van der Waals surface area contributed by atoms with Crippen molar-refractivity contribution in [1.29, 1.82) is 0 Å². The summed E-state index contributed by atoms with van der Waals surface area (Å²) in [7, 11) is 1.30. The second kappa shape index (κ2) is 8.71. The van der Waals surface area contributed by atoms with Crippen molar-refractivity contribution in [1.82, 2.24) is 10.6 Å². The van der Waals surface area contributed by atoms with Gasteiger partial charge in [-0.2, -0.15) is 0 Å². The summed E-state index contributed by atoms with van der Waals surface area (Å²) in [5.41, 5.74) is 0. The predicted octanol–water partition coefficient (Wildman–Crippen LogP) is -1.85. The summed E-state index contributed by atoms with van der Waals surface area (Å²) in [6, 6.07) is -0.968. The first-order valence-electron chi connectivity index (χ1n) is 6.67. The van der Waals surface area contributed by atoms with Crippen LogP contribution in [-0.4, -0.2) is 64.5 Å². The fourth-order valence-corrected chi connectivity index (χ4v) is 1.93. The fourth-order valence-electron chi connectivity index (χ4n) is 1.93. The molecule has 1 aliphatic heterocycles. The van der Waals surface area contributed by atoms with Crippen molar-refractivity contribution in [3.8, 4) is 0 Å². The van der Waals surface area contributed by atoms with E-state index in [9.17, 15) is 9.59 Å². The quantitative estimate of drug-likeness (QED) is 0.392. The van der Waals surface area contributed by atoms with Gasteiger partial charge in [-0.3, -0.25) is 0 Å². The average molecular weight is 274 g/mol. The van der Waals surface area contributed by atoms with Crippen LogP contribution in [0.15, 0.2) is 0 Å². The van der Waals surface area contributed by atoms with Crippen LogP contribution >= 0.6 is 0 Å². The lowest BCUT2D eigenvalue weighted by molar-refractivity contribution is -0.908. The van der Waals surface area contributed by atoms with Crippen molar-refractivity contribution in [2.75, 3.05) is 46.5 Å². The number of quaternary nitrogens is 1. The third-order valence-corrected chi connectivity index (χ3v) is 3.09. The molecule has 0 saturated carbocycles. The summed E-state index contributed by atoms with van der Waals surface area (Å²) in [5.74, 6) is -0.451. The predicted molar refractivity (Wildman–Crippen MR) is 69.0 cm³/mol. The van der Waals surface area contributed by atoms with Gasteiger partial charge in [-0.05, 0) is 6.92 Å². The van der Waals surface area contributed by atoms with E-state index in [4.69, 9.17) is 4.74 Å². The standard InChI is InChI=1S/C12H23N3O4/c1-10(11(16)18-2)14-12(17)13-4-3-5-15-6-8-19-9-7-15/h10H,3-9H2,1-2H3,(H2,13,14,17)/p+1/t10-/m0/s1. The van der Waals surface area contributed by atoms with E-state index >= 15 is 0 Å². The Labute approximate surface area is 113 Å². The highest BCUT2D eigenvalue weighted by Crippen LogP contribution is 1.85. The second-order valence-corrected chi connectivity index (χ2v) is 4.61. The number of methoxy groups -OCH3 is 1. The molecule has 0 aromatic rings. The average Bonchev–Trinajstić information content (AvgIpc) is 2.43. The van der Waals surface area contributed by atoms with E-state index in [0.717, 1.165) is 39.3 Å². The first-order valence-corrected chi connectivity index (χ1v) is 6.67. The number of urea groups is 1. The zero-order valence-corrected chi connectivity index (χ0v) is 11.7. The summed E-state index contributed by atoms with van der Waals surface area (Å²) >= 11 is 0. The molecule has 7 nitrogen and oxygen atoms in total. The molecule has 1 atom stereocenters. The Morgan fingerprint density at radius 2 is 2.05 bits per heavy atom. The highest BCUT2D eigenvalue weighted by Gasteiger charge is 2.16. The molecule has 7 heteroatoms. The summed E-state index contributed by atoms with van der Waals surface area (Å²) in [4.78, 5) is 24.1. The number of rotatable bonds is 6. The summed E-state index contributed by atoms with van der Waals surface area (Å²) in [6.07, 6.45) is 0.912. The van der Waals surface area contributed by atoms with Crippen LogP contribution in [0, 0.1) is 0 Å². The van der Waals surface area contributed by atoms with E-state index in [1.54, 1.807) is 6.92 Å². The lowest BCUT2D eigenvalue weighted by Gasteiger charge is -2.23. The molecule has 3 N–H and O–H groups in total. The van der Waals surface area contributed by atoms with Crippen molar-refractivity contribution in [3.05, 3.63) is 0 Å². The summed E-state index contributed by atoms with van der Waals surface area (Å²) in [6.45, 7) is 6.92. The lowest BCUT2D eigenvalue weighted by Crippen LogP contribution is -3.14. The van der Waals surface area contributed by atoms with Gasteiger partial charge in [0.25, 0.3) is 0 Å². The van der Waals surface area contributed by atoms with Crippen molar-refractivity contribution >= 4 is 12.0 Å². The Bertz CT molecular complexity index is 293. The normalized spacial score (nSPS) is 17.6. The molecule has 0 aliphatic carbocycles. The van der Waals surface area contributed by atoms with Gasteiger partial charge in [-0.15, -0.1) is 0 Å². The van der Waals surface area contributed by atoms with Gasteiger partial charge in [0.05, 0.1) is 26.9 Å². The minimum Gasteiger partial charge on any atom is -0.467 e. The van der Waals surface area contributed by atoms with Crippen molar-refractivity contribution in [2.24, 2.45) is 0 Å². The van der Waals surface area contributed by atoms with Gasteiger partial charge in [-0.1, -0.05) is 0 Å². The SMILES string of the molecule is COC(=O)[C@H](C)NC(=O)NCCC[NH+]1CCOCC1. The Balaban J connectivity index is 2.05. The van der Waals surface area contributed by atoms with Gasteiger partial charge in [0, 0.05) is 13.0 Å². The number of esters is 1. The van der Waals surface area contributed by atoms with Crippen LogP contribution in [0.3, 0.4) is 0 Å². The molecular weight excluding hydrogens is 250 g/mol. The first kappa shape index (κ1) is 15.7. The molecule has 1 saturated heterocycles.